The van der Waals surface area contributed by atoms with Gasteiger partial charge in [-0.2, -0.15) is 0 Å². The van der Waals surface area contributed by atoms with E-state index in [0.717, 1.165) is 0 Å². The van der Waals surface area contributed by atoms with E-state index in [1.807, 2.05) is 0 Å². The van der Waals surface area contributed by atoms with Gasteiger partial charge >= 0.3 is 7.12 Å². The number of aromatic hydroxyl groups is 1. The van der Waals surface area contributed by atoms with Crippen LogP contribution in [0.5, 0.6) is 5.75 Å². The van der Waals surface area contributed by atoms with Gasteiger partial charge in [0.25, 0.3) is 0 Å². The maximum absolute atomic E-state index is 11.4. The normalized spacial score (nSPS) is 9.64. The van der Waals surface area contributed by atoms with Gasteiger partial charge in [-0.1, -0.05) is 16.7 Å². The molecular weight excluding hydrogens is 150 g/mol. The number of rotatable bonds is 2. The van der Waals surface area contributed by atoms with Gasteiger partial charge in [-0.15, -0.1) is 0 Å². The summed E-state index contributed by atoms with van der Waals surface area (Å²) >= 11 is 0. The molecule has 0 saturated carbocycles. The molecule has 1 aromatic rings. The van der Waals surface area contributed by atoms with Gasteiger partial charge in [0.15, 0.2) is 0 Å². The highest BCUT2D eigenvalue weighted by atomic mass is 19.3. The summed E-state index contributed by atoms with van der Waals surface area (Å²) in [6.07, 6.45) is 0. The van der Waals surface area contributed by atoms with Crippen LogP contribution in [0.4, 0.5) is 4.53 Å². The first-order valence-corrected chi connectivity index (χ1v) is 2.98. The topological polar surface area (TPSA) is 49.7 Å². The van der Waals surface area contributed by atoms with Gasteiger partial charge in [0, 0.05) is 0 Å². The molecule has 58 valence electrons. The van der Waals surface area contributed by atoms with Crippen LogP contribution in [-0.2, 0) is 4.86 Å². The van der Waals surface area contributed by atoms with Gasteiger partial charge in [0.1, 0.15) is 5.75 Å². The van der Waals surface area contributed by atoms with Crippen molar-refractivity contribution in [3.63, 3.8) is 0 Å². The molecule has 0 unspecified atom stereocenters. The molecular formula is C6H6BFO3. The van der Waals surface area contributed by atoms with Gasteiger partial charge in [0.2, 0.25) is 0 Å². The second-order valence-corrected chi connectivity index (χ2v) is 2.03. The van der Waals surface area contributed by atoms with Crippen LogP contribution in [0, 0.1) is 0 Å². The van der Waals surface area contributed by atoms with Crippen LogP contribution in [-0.4, -0.2) is 17.2 Å². The quantitative estimate of drug-likeness (QED) is 0.591. The SMILES string of the molecule is OB(OF)c1ccc(O)cc1. The van der Waals surface area contributed by atoms with E-state index in [1.165, 1.54) is 24.3 Å². The highest BCUT2D eigenvalue weighted by molar-refractivity contribution is 6.59. The summed E-state index contributed by atoms with van der Waals surface area (Å²) in [4.78, 5) is 3.15. The number of halogens is 1. The smallest absolute Gasteiger partial charge is 0.508 e. The van der Waals surface area contributed by atoms with Crippen molar-refractivity contribution >= 4 is 12.6 Å². The minimum Gasteiger partial charge on any atom is -0.508 e. The molecule has 0 aliphatic rings. The molecule has 2 N–H and O–H groups in total. The Hall–Kier alpha value is -1.07. The summed E-state index contributed by atoms with van der Waals surface area (Å²) in [5, 5.41) is 17.5. The van der Waals surface area contributed by atoms with Gasteiger partial charge in [-0.3, -0.25) is 0 Å². The van der Waals surface area contributed by atoms with E-state index in [9.17, 15) is 4.53 Å². The molecule has 0 saturated heterocycles. The van der Waals surface area contributed by atoms with Crippen LogP contribution in [0.15, 0.2) is 24.3 Å². The van der Waals surface area contributed by atoms with Gasteiger partial charge in [0.05, 0.1) is 0 Å². The Balaban J connectivity index is 2.81. The molecule has 0 radical (unpaired) electrons. The van der Waals surface area contributed by atoms with E-state index in [1.54, 1.807) is 0 Å². The Morgan fingerprint density at radius 2 is 1.82 bits per heavy atom. The third-order valence-electron chi connectivity index (χ3n) is 1.26. The van der Waals surface area contributed by atoms with Crippen molar-refractivity contribution in [2.24, 2.45) is 0 Å². The molecule has 5 heteroatoms. The maximum atomic E-state index is 11.4. The average Bonchev–Trinajstić information content (AvgIpc) is 2.05. The Labute approximate surface area is 63.1 Å². The van der Waals surface area contributed by atoms with Crippen LogP contribution in [0.2, 0.25) is 0 Å². The summed E-state index contributed by atoms with van der Waals surface area (Å²) in [6.45, 7) is 0. The van der Waals surface area contributed by atoms with Crippen molar-refractivity contribution in [3.05, 3.63) is 24.3 Å². The van der Waals surface area contributed by atoms with E-state index in [4.69, 9.17) is 10.1 Å². The second kappa shape index (κ2) is 3.36. The van der Waals surface area contributed by atoms with Crippen LogP contribution in [0.1, 0.15) is 0 Å². The predicted molar refractivity (Wildman–Crippen MR) is 37.9 cm³/mol. The zero-order chi connectivity index (χ0) is 8.27. The molecule has 11 heavy (non-hydrogen) atoms. The molecule has 1 rings (SSSR count). The highest BCUT2D eigenvalue weighted by Gasteiger charge is 2.16. The molecule has 0 aliphatic heterocycles. The van der Waals surface area contributed by atoms with Crippen molar-refractivity contribution in [1.82, 2.24) is 0 Å². The Kier molecular flexibility index (Phi) is 2.46. The van der Waals surface area contributed by atoms with E-state index in [2.05, 4.69) is 4.86 Å². The van der Waals surface area contributed by atoms with Crippen LogP contribution in [0.25, 0.3) is 0 Å². The molecule has 0 fully saturated rings. The van der Waals surface area contributed by atoms with Gasteiger partial charge < -0.3 is 10.1 Å². The first-order chi connectivity index (χ1) is 5.24. The van der Waals surface area contributed by atoms with E-state index in [0.29, 0.717) is 0 Å². The molecule has 0 aromatic heterocycles. The van der Waals surface area contributed by atoms with Crippen molar-refractivity contribution in [3.8, 4) is 5.75 Å². The first-order valence-electron chi connectivity index (χ1n) is 2.98. The summed E-state index contributed by atoms with van der Waals surface area (Å²) in [5.74, 6) is 0.0554. The molecule has 0 bridgehead atoms. The van der Waals surface area contributed by atoms with Crippen LogP contribution in [0.3, 0.4) is 0 Å². The second-order valence-electron chi connectivity index (χ2n) is 2.03. The molecule has 3 nitrogen and oxygen atoms in total. The molecule has 0 heterocycles. The highest BCUT2D eigenvalue weighted by Crippen LogP contribution is 2.03. The fraction of sp³-hybridized carbons (Fsp3) is 0. The third-order valence-corrected chi connectivity index (χ3v) is 1.26. The fourth-order valence-electron chi connectivity index (χ4n) is 0.690. The van der Waals surface area contributed by atoms with Crippen molar-refractivity contribution in [2.75, 3.05) is 0 Å². The summed E-state index contributed by atoms with van der Waals surface area (Å²) in [6, 6.07) is 5.38. The number of phenolic OH excluding ortho intramolecular Hbond substituents is 1. The lowest BCUT2D eigenvalue weighted by molar-refractivity contribution is -0.0267. The minimum absolute atomic E-state index is 0.0554. The van der Waals surface area contributed by atoms with Gasteiger partial charge in [-0.05, 0) is 17.6 Å². The van der Waals surface area contributed by atoms with Gasteiger partial charge in [-0.25, -0.2) is 4.86 Å². The summed E-state index contributed by atoms with van der Waals surface area (Å²) < 4.78 is 11.4. The summed E-state index contributed by atoms with van der Waals surface area (Å²) in [5.41, 5.74) is 0.255. The first kappa shape index (κ1) is 8.04. The van der Waals surface area contributed by atoms with E-state index < -0.39 is 7.12 Å². The zero-order valence-electron chi connectivity index (χ0n) is 5.57. The van der Waals surface area contributed by atoms with Crippen molar-refractivity contribution in [1.29, 1.82) is 0 Å². The Morgan fingerprint density at radius 3 is 2.27 bits per heavy atom. The largest absolute Gasteiger partial charge is 0.529 e. The molecule has 0 amide bonds. The van der Waals surface area contributed by atoms with E-state index in [-0.39, 0.29) is 11.2 Å². The molecule has 0 aliphatic carbocycles. The third kappa shape index (κ3) is 1.93. The average molecular weight is 156 g/mol. The van der Waals surface area contributed by atoms with Crippen LogP contribution >= 0.6 is 0 Å². The fourth-order valence-corrected chi connectivity index (χ4v) is 0.690. The Bertz CT molecular complexity index is 226. The number of phenols is 1. The Morgan fingerprint density at radius 1 is 1.27 bits per heavy atom. The van der Waals surface area contributed by atoms with Crippen LogP contribution < -0.4 is 5.46 Å². The zero-order valence-corrected chi connectivity index (χ0v) is 5.57. The van der Waals surface area contributed by atoms with Crippen molar-refractivity contribution in [2.45, 2.75) is 0 Å². The lowest BCUT2D eigenvalue weighted by Gasteiger charge is -1.98. The van der Waals surface area contributed by atoms with Crippen molar-refractivity contribution < 1.29 is 19.5 Å². The lowest BCUT2D eigenvalue weighted by Crippen LogP contribution is -2.30. The number of hydrogen-bond acceptors (Lipinski definition) is 3. The minimum atomic E-state index is -1.57. The summed E-state index contributed by atoms with van der Waals surface area (Å²) in [7, 11) is -1.57. The molecule has 1 aromatic carbocycles. The predicted octanol–water partition coefficient (Wildman–Crippen LogP) is -0.0192. The lowest BCUT2D eigenvalue weighted by atomic mass is 9.80. The number of hydrogen-bond donors (Lipinski definition) is 2. The monoisotopic (exact) mass is 156 g/mol. The molecule has 0 spiro atoms. The standard InChI is InChI=1S/C6H6BFO3/c8-11-7(10)5-1-3-6(9)4-2-5/h1-4,9-10H. The molecule has 0 atom stereocenters. The van der Waals surface area contributed by atoms with E-state index >= 15 is 0 Å². The number of benzene rings is 1. The maximum Gasteiger partial charge on any atom is 0.529 e.